The Morgan fingerprint density at radius 2 is 1.70 bits per heavy atom. The van der Waals surface area contributed by atoms with Crippen molar-refractivity contribution < 1.29 is 19.2 Å². The van der Waals surface area contributed by atoms with Gasteiger partial charge in [-0.1, -0.05) is 52.3 Å². The third-order valence-corrected chi connectivity index (χ3v) is 6.98. The quantitative estimate of drug-likeness (QED) is 0.497. The summed E-state index contributed by atoms with van der Waals surface area (Å²) in [6.07, 6.45) is 2.66. The number of fused-ring (bicyclic) bond motifs is 1. The standard InChI is InChI=1S/C26H23BrN2O4/c27-21-9-8-18-12-20(7-6-19(18)13-21)23(30)15-28-24(31)22-14-26(10-11-26)16-29(22)33-25(32)17-4-2-1-3-5-17/h1-9,12-13,22H,10-11,14-16H2,(H,28,31)/t22-/m0/s1. The number of hydrogen-bond acceptors (Lipinski definition) is 5. The van der Waals surface area contributed by atoms with Crippen LogP contribution in [0.5, 0.6) is 0 Å². The van der Waals surface area contributed by atoms with Crippen LogP contribution in [-0.4, -0.2) is 41.9 Å². The Hall–Kier alpha value is -3.03. The van der Waals surface area contributed by atoms with E-state index in [1.807, 2.05) is 36.4 Å². The van der Waals surface area contributed by atoms with Crippen LogP contribution in [0.2, 0.25) is 0 Å². The fourth-order valence-electron chi connectivity index (χ4n) is 4.39. The van der Waals surface area contributed by atoms with Crippen LogP contribution in [0.4, 0.5) is 0 Å². The zero-order valence-electron chi connectivity index (χ0n) is 17.9. The van der Waals surface area contributed by atoms with Crippen molar-refractivity contribution in [2.24, 2.45) is 5.41 Å². The lowest BCUT2D eigenvalue weighted by Gasteiger charge is -2.22. The number of ketones is 1. The van der Waals surface area contributed by atoms with E-state index in [2.05, 4.69) is 21.2 Å². The van der Waals surface area contributed by atoms with Gasteiger partial charge in [0.25, 0.3) is 0 Å². The molecule has 0 aromatic heterocycles. The summed E-state index contributed by atoms with van der Waals surface area (Å²) in [5, 5.41) is 6.24. The van der Waals surface area contributed by atoms with Gasteiger partial charge in [-0.15, -0.1) is 5.06 Å². The summed E-state index contributed by atoms with van der Waals surface area (Å²) < 4.78 is 0.976. The van der Waals surface area contributed by atoms with E-state index in [9.17, 15) is 14.4 Å². The second kappa shape index (κ2) is 8.72. The summed E-state index contributed by atoms with van der Waals surface area (Å²) in [4.78, 5) is 43.8. The van der Waals surface area contributed by atoms with Gasteiger partial charge in [0, 0.05) is 16.6 Å². The fourth-order valence-corrected chi connectivity index (χ4v) is 4.77. The average Bonchev–Trinajstić information content (AvgIpc) is 3.49. The van der Waals surface area contributed by atoms with E-state index in [1.165, 1.54) is 5.06 Å². The Morgan fingerprint density at radius 1 is 0.970 bits per heavy atom. The van der Waals surface area contributed by atoms with Gasteiger partial charge in [-0.05, 0) is 65.8 Å². The number of carbonyl (C=O) groups is 3. The van der Waals surface area contributed by atoms with Crippen molar-refractivity contribution in [3.63, 3.8) is 0 Å². The molecule has 1 N–H and O–H groups in total. The third-order valence-electron chi connectivity index (χ3n) is 6.48. The minimum atomic E-state index is -0.595. The molecule has 168 valence electrons. The van der Waals surface area contributed by atoms with Gasteiger partial charge in [-0.3, -0.25) is 9.59 Å². The molecule has 1 spiro atoms. The van der Waals surface area contributed by atoms with Crippen LogP contribution >= 0.6 is 15.9 Å². The molecule has 1 saturated carbocycles. The van der Waals surface area contributed by atoms with Crippen molar-refractivity contribution in [3.05, 3.63) is 82.3 Å². The second-order valence-corrected chi connectivity index (χ2v) is 9.80. The lowest BCUT2D eigenvalue weighted by molar-refractivity contribution is -0.148. The van der Waals surface area contributed by atoms with E-state index < -0.39 is 12.0 Å². The Kier molecular flexibility index (Phi) is 5.76. The SMILES string of the molecule is O=C(CNC(=O)[C@@H]1CC2(CC2)CN1OC(=O)c1ccccc1)c1ccc2cc(Br)ccc2c1. The highest BCUT2D eigenvalue weighted by Gasteiger charge is 2.55. The first-order valence-electron chi connectivity index (χ1n) is 11.0. The third kappa shape index (κ3) is 4.70. The largest absolute Gasteiger partial charge is 0.363 e. The molecule has 33 heavy (non-hydrogen) atoms. The van der Waals surface area contributed by atoms with E-state index in [1.54, 1.807) is 30.3 Å². The molecule has 3 aromatic rings. The molecule has 0 bridgehead atoms. The predicted molar refractivity (Wildman–Crippen MR) is 128 cm³/mol. The molecule has 7 heteroatoms. The first kappa shape index (κ1) is 21.8. The number of Topliss-reactive ketones (excluding diaryl/α,β-unsaturated/α-hetero) is 1. The molecular weight excluding hydrogens is 484 g/mol. The number of carbonyl (C=O) groups excluding carboxylic acids is 3. The van der Waals surface area contributed by atoms with Gasteiger partial charge in [-0.25, -0.2) is 4.79 Å². The summed E-state index contributed by atoms with van der Waals surface area (Å²) >= 11 is 3.45. The second-order valence-electron chi connectivity index (χ2n) is 8.89. The van der Waals surface area contributed by atoms with Crippen molar-refractivity contribution in [2.45, 2.75) is 25.3 Å². The number of hydrogen-bond donors (Lipinski definition) is 1. The van der Waals surface area contributed by atoms with E-state index in [0.717, 1.165) is 28.1 Å². The maximum absolute atomic E-state index is 13.0. The lowest BCUT2D eigenvalue weighted by Crippen LogP contribution is -2.45. The lowest BCUT2D eigenvalue weighted by atomic mass is 10.0. The number of benzene rings is 3. The number of nitrogens with one attached hydrogen (secondary N) is 1. The molecule has 1 heterocycles. The molecule has 1 aliphatic heterocycles. The van der Waals surface area contributed by atoms with Gasteiger partial charge in [0.1, 0.15) is 6.04 Å². The molecule has 1 saturated heterocycles. The molecule has 2 aliphatic rings. The van der Waals surface area contributed by atoms with E-state index in [-0.39, 0.29) is 23.7 Å². The zero-order valence-corrected chi connectivity index (χ0v) is 19.5. The molecule has 0 unspecified atom stereocenters. The Bertz CT molecular complexity index is 1240. The van der Waals surface area contributed by atoms with Gasteiger partial charge in [0.05, 0.1) is 12.1 Å². The first-order valence-corrected chi connectivity index (χ1v) is 11.8. The van der Waals surface area contributed by atoms with Crippen LogP contribution in [0, 0.1) is 5.41 Å². The highest BCUT2D eigenvalue weighted by atomic mass is 79.9. The zero-order chi connectivity index (χ0) is 23.0. The number of halogens is 1. The number of hydroxylamine groups is 2. The Balaban J connectivity index is 1.24. The van der Waals surface area contributed by atoms with Crippen molar-refractivity contribution in [1.29, 1.82) is 0 Å². The van der Waals surface area contributed by atoms with Crippen LogP contribution in [-0.2, 0) is 9.63 Å². The van der Waals surface area contributed by atoms with E-state index in [4.69, 9.17) is 4.84 Å². The fraction of sp³-hybridized carbons (Fsp3) is 0.269. The Labute approximate surface area is 200 Å². The maximum Gasteiger partial charge on any atom is 0.357 e. The van der Waals surface area contributed by atoms with Gasteiger partial charge >= 0.3 is 5.97 Å². The molecule has 6 nitrogen and oxygen atoms in total. The maximum atomic E-state index is 13.0. The molecule has 1 amide bonds. The topological polar surface area (TPSA) is 75.7 Å². The summed E-state index contributed by atoms with van der Waals surface area (Å²) in [6.45, 7) is 0.433. The minimum absolute atomic E-state index is 0.0373. The normalized spacial score (nSPS) is 18.9. The van der Waals surface area contributed by atoms with Crippen molar-refractivity contribution >= 4 is 44.4 Å². The molecule has 0 radical (unpaired) electrons. The molecule has 2 fully saturated rings. The molecule has 3 aromatic carbocycles. The molecular formula is C26H23BrN2O4. The van der Waals surface area contributed by atoms with E-state index >= 15 is 0 Å². The summed E-state index contributed by atoms with van der Waals surface area (Å²) in [5.74, 6) is -0.942. The summed E-state index contributed by atoms with van der Waals surface area (Å²) in [5.41, 5.74) is 1.02. The highest BCUT2D eigenvalue weighted by Crippen LogP contribution is 2.54. The highest BCUT2D eigenvalue weighted by molar-refractivity contribution is 9.10. The number of nitrogens with zero attached hydrogens (tertiary/aromatic N) is 1. The van der Waals surface area contributed by atoms with Crippen molar-refractivity contribution in [1.82, 2.24) is 10.4 Å². The van der Waals surface area contributed by atoms with Gasteiger partial charge < -0.3 is 10.2 Å². The smallest absolute Gasteiger partial charge is 0.357 e. The van der Waals surface area contributed by atoms with Crippen LogP contribution in [0.15, 0.2) is 71.2 Å². The molecule has 1 atom stereocenters. The predicted octanol–water partition coefficient (Wildman–Crippen LogP) is 4.53. The summed E-state index contributed by atoms with van der Waals surface area (Å²) in [6, 6.07) is 19.5. The van der Waals surface area contributed by atoms with Crippen LogP contribution in [0.3, 0.4) is 0 Å². The first-order chi connectivity index (χ1) is 15.9. The van der Waals surface area contributed by atoms with Gasteiger partial charge in [0.2, 0.25) is 5.91 Å². The molecule has 1 aliphatic carbocycles. The molecule has 5 rings (SSSR count). The van der Waals surface area contributed by atoms with Crippen LogP contribution in [0.1, 0.15) is 40.0 Å². The minimum Gasteiger partial charge on any atom is -0.363 e. The monoisotopic (exact) mass is 506 g/mol. The summed E-state index contributed by atoms with van der Waals surface area (Å²) in [7, 11) is 0. The van der Waals surface area contributed by atoms with Gasteiger partial charge in [-0.2, -0.15) is 0 Å². The number of rotatable bonds is 6. The van der Waals surface area contributed by atoms with Crippen molar-refractivity contribution in [3.8, 4) is 0 Å². The van der Waals surface area contributed by atoms with E-state index in [0.29, 0.717) is 24.1 Å². The Morgan fingerprint density at radius 3 is 2.45 bits per heavy atom. The van der Waals surface area contributed by atoms with Gasteiger partial charge in [0.15, 0.2) is 5.78 Å². The number of amides is 1. The van der Waals surface area contributed by atoms with Crippen molar-refractivity contribution in [2.75, 3.05) is 13.1 Å². The average molecular weight is 507 g/mol. The van der Waals surface area contributed by atoms with Crippen LogP contribution in [0.25, 0.3) is 10.8 Å². The van der Waals surface area contributed by atoms with Crippen LogP contribution < -0.4 is 5.32 Å².